The van der Waals surface area contributed by atoms with Gasteiger partial charge in [0.1, 0.15) is 17.7 Å². The molecule has 2 fully saturated rings. The summed E-state index contributed by atoms with van der Waals surface area (Å²) in [6.45, 7) is 3.27. The van der Waals surface area contributed by atoms with E-state index in [0.29, 0.717) is 5.56 Å². The van der Waals surface area contributed by atoms with Crippen molar-refractivity contribution in [2.75, 3.05) is 44.2 Å². The van der Waals surface area contributed by atoms with Crippen LogP contribution in [0.25, 0.3) is 6.08 Å². The van der Waals surface area contributed by atoms with Gasteiger partial charge < -0.3 is 25.3 Å². The number of β-amino-alcohol motifs (C(OH)–C–C–N with tert-alkyl or cyclic N) is 1. The van der Waals surface area contributed by atoms with Crippen LogP contribution < -0.4 is 10.2 Å². The molecule has 0 radical (unpaired) electrons. The van der Waals surface area contributed by atoms with E-state index in [0.717, 1.165) is 56.4 Å². The van der Waals surface area contributed by atoms with Crippen LogP contribution in [0.2, 0.25) is 0 Å². The monoisotopic (exact) mass is 522 g/mol. The summed E-state index contributed by atoms with van der Waals surface area (Å²) in [5, 5.41) is 35.4. The van der Waals surface area contributed by atoms with Gasteiger partial charge >= 0.3 is 0 Å². The van der Waals surface area contributed by atoms with Gasteiger partial charge in [0.05, 0.1) is 17.2 Å². The minimum absolute atomic E-state index is 0.0381. The van der Waals surface area contributed by atoms with Crippen molar-refractivity contribution in [2.45, 2.75) is 42.8 Å². The summed E-state index contributed by atoms with van der Waals surface area (Å²) in [6.07, 6.45) is 3.93. The van der Waals surface area contributed by atoms with E-state index in [1.807, 2.05) is 18.2 Å². The number of carbonyl (C=O) groups is 1. The first-order chi connectivity index (χ1) is 18.2. The Morgan fingerprint density at radius 1 is 1.11 bits per heavy atom. The smallest absolute Gasteiger partial charge is 0.246 e. The SMILES string of the molecule is N#Cc1ccc2c(c1)N(C[C@@H](O)C1(O)CCN(C(=O)/C=C/c3cc(F)cc(F)c3)CC1)CC21CCNCC1. The lowest BCUT2D eigenvalue weighted by Crippen LogP contribution is -2.56. The van der Waals surface area contributed by atoms with Crippen molar-refractivity contribution in [2.24, 2.45) is 0 Å². The highest BCUT2D eigenvalue weighted by atomic mass is 19.1. The molecule has 2 aromatic carbocycles. The number of hydrogen-bond donors (Lipinski definition) is 3. The van der Waals surface area contributed by atoms with Crippen molar-refractivity contribution in [1.29, 1.82) is 5.26 Å². The molecule has 5 rings (SSSR count). The Hall–Kier alpha value is -3.32. The molecule has 0 aliphatic carbocycles. The number of nitriles is 1. The van der Waals surface area contributed by atoms with Crippen LogP contribution >= 0.6 is 0 Å². The van der Waals surface area contributed by atoms with E-state index in [-0.39, 0.29) is 49.4 Å². The standard InChI is InChI=1S/C29H32F2N4O3/c30-22-13-20(14-23(31)16-22)2-4-27(37)34-11-7-29(38,8-12-34)26(36)18-35-19-28(5-9-33-10-6-28)24-3-1-21(17-32)15-25(24)35/h1-4,13-16,26,33,36,38H,5-12,18-19H2/b4-2+/t26-/m1/s1. The van der Waals surface area contributed by atoms with Gasteiger partial charge in [-0.25, -0.2) is 8.78 Å². The van der Waals surface area contributed by atoms with Gasteiger partial charge in [0, 0.05) is 49.4 Å². The average molecular weight is 523 g/mol. The van der Waals surface area contributed by atoms with Crippen molar-refractivity contribution < 1.29 is 23.8 Å². The molecule has 0 bridgehead atoms. The first-order valence-electron chi connectivity index (χ1n) is 13.1. The van der Waals surface area contributed by atoms with E-state index in [2.05, 4.69) is 16.3 Å². The zero-order valence-corrected chi connectivity index (χ0v) is 21.2. The molecule has 3 aliphatic rings. The lowest BCUT2D eigenvalue weighted by molar-refractivity contribution is -0.137. The molecular weight excluding hydrogens is 490 g/mol. The van der Waals surface area contributed by atoms with Crippen LogP contribution in [0.15, 0.2) is 42.5 Å². The minimum atomic E-state index is -1.36. The Kier molecular flexibility index (Phi) is 7.23. The van der Waals surface area contributed by atoms with E-state index < -0.39 is 23.3 Å². The quantitative estimate of drug-likeness (QED) is 0.523. The molecule has 3 aliphatic heterocycles. The van der Waals surface area contributed by atoms with Crippen LogP contribution in [-0.2, 0) is 10.2 Å². The van der Waals surface area contributed by atoms with Gasteiger partial charge in [0.15, 0.2) is 0 Å². The van der Waals surface area contributed by atoms with Crippen molar-refractivity contribution in [3.05, 3.63) is 70.8 Å². The summed E-state index contributed by atoms with van der Waals surface area (Å²) in [5.74, 6) is -1.76. The molecule has 0 unspecified atom stereocenters. The first-order valence-corrected chi connectivity index (χ1v) is 13.1. The van der Waals surface area contributed by atoms with Gasteiger partial charge in [-0.1, -0.05) is 6.07 Å². The summed E-state index contributed by atoms with van der Waals surface area (Å²) < 4.78 is 26.8. The molecule has 0 aromatic heterocycles. The number of nitrogens with zero attached hydrogens (tertiary/aromatic N) is 3. The number of carbonyl (C=O) groups excluding carboxylic acids is 1. The molecule has 2 aromatic rings. The third kappa shape index (κ3) is 5.17. The van der Waals surface area contributed by atoms with E-state index in [1.54, 1.807) is 4.90 Å². The van der Waals surface area contributed by atoms with Crippen LogP contribution in [0.3, 0.4) is 0 Å². The largest absolute Gasteiger partial charge is 0.388 e. The summed E-state index contributed by atoms with van der Waals surface area (Å²) in [7, 11) is 0. The van der Waals surface area contributed by atoms with Gasteiger partial charge in [0.2, 0.25) is 5.91 Å². The molecule has 1 spiro atoms. The second-order valence-electron chi connectivity index (χ2n) is 10.7. The number of likely N-dealkylation sites (tertiary alicyclic amines) is 1. The number of nitrogens with one attached hydrogen (secondary N) is 1. The van der Waals surface area contributed by atoms with E-state index >= 15 is 0 Å². The number of piperidine rings is 2. The number of halogens is 2. The Morgan fingerprint density at radius 3 is 2.45 bits per heavy atom. The summed E-state index contributed by atoms with van der Waals surface area (Å²) in [6, 6.07) is 11.0. The van der Waals surface area contributed by atoms with E-state index in [9.17, 15) is 29.1 Å². The second kappa shape index (κ2) is 10.4. The number of aliphatic hydroxyl groups is 2. The normalized spacial score (nSPS) is 20.9. The third-order valence-corrected chi connectivity index (χ3v) is 8.35. The Morgan fingerprint density at radius 2 is 1.79 bits per heavy atom. The Bertz CT molecular complexity index is 1260. The number of hydrogen-bond acceptors (Lipinski definition) is 6. The number of anilines is 1. The van der Waals surface area contributed by atoms with Crippen molar-refractivity contribution in [3.63, 3.8) is 0 Å². The minimum Gasteiger partial charge on any atom is -0.388 e. The third-order valence-electron chi connectivity index (χ3n) is 8.35. The van der Waals surface area contributed by atoms with Crippen LogP contribution in [0, 0.1) is 23.0 Å². The molecule has 3 heterocycles. The fraction of sp³-hybridized carbons (Fsp3) is 0.448. The zero-order valence-electron chi connectivity index (χ0n) is 21.2. The van der Waals surface area contributed by atoms with Crippen molar-refractivity contribution in [1.82, 2.24) is 10.2 Å². The molecular formula is C29H32F2N4O3. The van der Waals surface area contributed by atoms with Gasteiger partial charge in [-0.15, -0.1) is 0 Å². The predicted octanol–water partition coefficient (Wildman–Crippen LogP) is 2.71. The molecule has 200 valence electrons. The Balaban J connectivity index is 1.24. The maximum absolute atomic E-state index is 13.4. The first kappa shape index (κ1) is 26.3. The number of rotatable bonds is 5. The summed E-state index contributed by atoms with van der Waals surface area (Å²) >= 11 is 0. The van der Waals surface area contributed by atoms with Crippen molar-refractivity contribution in [3.8, 4) is 6.07 Å². The summed E-state index contributed by atoms with van der Waals surface area (Å²) in [5.41, 5.74) is 1.56. The summed E-state index contributed by atoms with van der Waals surface area (Å²) in [4.78, 5) is 16.3. The fourth-order valence-electron chi connectivity index (χ4n) is 6.11. The van der Waals surface area contributed by atoms with Gasteiger partial charge in [0.25, 0.3) is 0 Å². The highest BCUT2D eigenvalue weighted by molar-refractivity contribution is 5.91. The van der Waals surface area contributed by atoms with Gasteiger partial charge in [-0.3, -0.25) is 4.79 Å². The number of benzene rings is 2. The molecule has 9 heteroatoms. The van der Waals surface area contributed by atoms with Crippen LogP contribution in [0.5, 0.6) is 0 Å². The average Bonchev–Trinajstić information content (AvgIpc) is 3.19. The van der Waals surface area contributed by atoms with Crippen LogP contribution in [-0.4, -0.2) is 72.0 Å². The molecule has 1 amide bonds. The molecule has 7 nitrogen and oxygen atoms in total. The highest BCUT2D eigenvalue weighted by Crippen LogP contribution is 2.46. The molecule has 0 saturated carbocycles. The van der Waals surface area contributed by atoms with E-state index in [4.69, 9.17) is 0 Å². The van der Waals surface area contributed by atoms with Gasteiger partial charge in [-0.05, 0) is 80.2 Å². The highest BCUT2D eigenvalue weighted by Gasteiger charge is 2.46. The fourth-order valence-corrected chi connectivity index (χ4v) is 6.11. The number of fused-ring (bicyclic) bond motifs is 2. The zero-order chi connectivity index (χ0) is 26.9. The second-order valence-corrected chi connectivity index (χ2v) is 10.7. The molecule has 38 heavy (non-hydrogen) atoms. The van der Waals surface area contributed by atoms with Gasteiger partial charge in [-0.2, -0.15) is 5.26 Å². The lowest BCUT2D eigenvalue weighted by Gasteiger charge is -2.42. The lowest BCUT2D eigenvalue weighted by atomic mass is 9.74. The van der Waals surface area contributed by atoms with Crippen LogP contribution in [0.4, 0.5) is 14.5 Å². The maximum atomic E-state index is 13.4. The molecule has 3 N–H and O–H groups in total. The van der Waals surface area contributed by atoms with Crippen molar-refractivity contribution >= 4 is 17.7 Å². The van der Waals surface area contributed by atoms with E-state index in [1.165, 1.54) is 17.7 Å². The Labute approximate surface area is 221 Å². The predicted molar refractivity (Wildman–Crippen MR) is 139 cm³/mol. The molecule has 1 atom stereocenters. The van der Waals surface area contributed by atoms with Crippen LogP contribution in [0.1, 0.15) is 42.4 Å². The number of aliphatic hydroxyl groups excluding tert-OH is 1. The topological polar surface area (TPSA) is 99.8 Å². The molecule has 2 saturated heterocycles. The number of amides is 1. The maximum Gasteiger partial charge on any atom is 0.246 e.